The Morgan fingerprint density at radius 2 is 1.76 bits per heavy atom. The molecule has 1 fully saturated rings. The van der Waals surface area contributed by atoms with Gasteiger partial charge in [0.05, 0.1) is 12.9 Å². The third kappa shape index (κ3) is 5.87. The molecule has 33 heavy (non-hydrogen) atoms. The average molecular weight is 467 g/mol. The molecule has 1 saturated carbocycles. The fourth-order valence-corrected chi connectivity index (χ4v) is 4.38. The molecule has 3 aromatic rings. The molecule has 0 spiro atoms. The van der Waals surface area contributed by atoms with Crippen LogP contribution in [0.2, 0.25) is 0 Å². The van der Waals surface area contributed by atoms with Gasteiger partial charge in [-0.15, -0.1) is 10.2 Å². The van der Waals surface area contributed by atoms with Gasteiger partial charge >= 0.3 is 0 Å². The van der Waals surface area contributed by atoms with Gasteiger partial charge in [-0.2, -0.15) is 0 Å². The number of ether oxygens (including phenoxy) is 1. The van der Waals surface area contributed by atoms with Crippen LogP contribution in [0, 0.1) is 0 Å². The van der Waals surface area contributed by atoms with Crippen LogP contribution in [-0.4, -0.2) is 53.0 Å². The summed E-state index contributed by atoms with van der Waals surface area (Å²) in [6.07, 6.45) is 2.11. The van der Waals surface area contributed by atoms with Crippen molar-refractivity contribution in [3.8, 4) is 17.2 Å². The quantitative estimate of drug-likeness (QED) is 0.373. The zero-order valence-electron chi connectivity index (χ0n) is 19.4. The Hall–Kier alpha value is -3.00. The molecule has 0 radical (unpaired) electrons. The highest BCUT2D eigenvalue weighted by atomic mass is 32.2. The molecule has 0 N–H and O–H groups in total. The monoisotopic (exact) mass is 466 g/mol. The van der Waals surface area contributed by atoms with Gasteiger partial charge in [-0.25, -0.2) is 0 Å². The number of nitrogens with zero attached hydrogens (tertiary/aromatic N) is 4. The highest BCUT2D eigenvalue weighted by molar-refractivity contribution is 7.99. The molecule has 0 bridgehead atoms. The summed E-state index contributed by atoms with van der Waals surface area (Å²) in [4.78, 5) is 17.2. The first-order chi connectivity index (χ1) is 16.1. The second-order valence-electron chi connectivity index (χ2n) is 7.98. The van der Waals surface area contributed by atoms with E-state index < -0.39 is 0 Å². The first-order valence-corrected chi connectivity index (χ1v) is 12.3. The van der Waals surface area contributed by atoms with Crippen LogP contribution in [0.1, 0.15) is 32.3 Å². The first-order valence-electron chi connectivity index (χ1n) is 11.3. The number of methoxy groups -OCH3 is 1. The molecule has 8 heteroatoms. The molecule has 1 amide bonds. The zero-order chi connectivity index (χ0) is 23.2. The van der Waals surface area contributed by atoms with E-state index in [1.165, 1.54) is 17.4 Å². The molecule has 0 atom stereocenters. The minimum atomic E-state index is 0.0849. The summed E-state index contributed by atoms with van der Waals surface area (Å²) in [6, 6.07) is 16.3. The van der Waals surface area contributed by atoms with Crippen LogP contribution in [0.25, 0.3) is 11.5 Å². The van der Waals surface area contributed by atoms with E-state index in [-0.39, 0.29) is 11.7 Å². The van der Waals surface area contributed by atoms with Gasteiger partial charge < -0.3 is 19.0 Å². The van der Waals surface area contributed by atoms with Crippen LogP contribution in [0.3, 0.4) is 0 Å². The predicted molar refractivity (Wildman–Crippen MR) is 131 cm³/mol. The lowest BCUT2D eigenvalue weighted by molar-refractivity contribution is -0.129. The second-order valence-corrected chi connectivity index (χ2v) is 8.91. The Balaban J connectivity index is 1.35. The number of aromatic nitrogens is 2. The summed E-state index contributed by atoms with van der Waals surface area (Å²) in [6.45, 7) is 6.80. The van der Waals surface area contributed by atoms with E-state index in [9.17, 15) is 4.79 Å². The van der Waals surface area contributed by atoms with Gasteiger partial charge in [-0.1, -0.05) is 23.9 Å². The topological polar surface area (TPSA) is 71.7 Å². The summed E-state index contributed by atoms with van der Waals surface area (Å²) < 4.78 is 11.0. The Morgan fingerprint density at radius 1 is 1.06 bits per heavy atom. The molecule has 0 aliphatic heterocycles. The molecule has 7 nitrogen and oxygen atoms in total. The largest absolute Gasteiger partial charge is 0.497 e. The zero-order valence-corrected chi connectivity index (χ0v) is 20.2. The maximum absolute atomic E-state index is 12.9. The predicted octanol–water partition coefficient (Wildman–Crippen LogP) is 4.87. The molecule has 1 aliphatic carbocycles. The fourth-order valence-electron chi connectivity index (χ4n) is 3.73. The fraction of sp³-hybridized carbons (Fsp3) is 0.400. The van der Waals surface area contributed by atoms with Crippen molar-refractivity contribution in [1.29, 1.82) is 0 Å². The molecule has 174 valence electrons. The van der Waals surface area contributed by atoms with E-state index in [1.807, 2.05) is 41.3 Å². The van der Waals surface area contributed by atoms with E-state index in [4.69, 9.17) is 9.15 Å². The number of benzene rings is 2. The molecular formula is C25H30N4O3S. The maximum Gasteiger partial charge on any atom is 0.277 e. The first kappa shape index (κ1) is 23.2. The number of amides is 1. The van der Waals surface area contributed by atoms with E-state index in [2.05, 4.69) is 41.1 Å². The Kier molecular flexibility index (Phi) is 7.54. The van der Waals surface area contributed by atoms with Crippen molar-refractivity contribution in [2.45, 2.75) is 44.5 Å². The second kappa shape index (κ2) is 10.7. The smallest absolute Gasteiger partial charge is 0.277 e. The Bertz CT molecular complexity index is 1040. The van der Waals surface area contributed by atoms with Gasteiger partial charge in [0.1, 0.15) is 5.75 Å². The number of thioether (sulfide) groups is 1. The SMILES string of the molecule is CCN(CC)c1ccc(-c2nnc(SCC(=O)N(Cc3ccc(OC)cc3)C3CC3)o2)cc1. The van der Waals surface area contributed by atoms with Crippen LogP contribution in [-0.2, 0) is 11.3 Å². The standard InChI is InChI=1S/C25H30N4O3S/c1-4-28(5-2)20-10-8-19(9-11-20)24-26-27-25(32-24)33-17-23(30)29(21-12-13-21)16-18-6-14-22(31-3)15-7-18/h6-11,14-15,21H,4-5,12-13,16-17H2,1-3H3. The Morgan fingerprint density at radius 3 is 2.36 bits per heavy atom. The van der Waals surface area contributed by atoms with Crippen molar-refractivity contribution in [2.75, 3.05) is 30.9 Å². The number of anilines is 1. The van der Waals surface area contributed by atoms with Crippen molar-refractivity contribution in [3.63, 3.8) is 0 Å². The molecule has 0 saturated heterocycles. The van der Waals surface area contributed by atoms with Gasteiger partial charge in [0.15, 0.2) is 0 Å². The number of hydrogen-bond acceptors (Lipinski definition) is 7. The number of hydrogen-bond donors (Lipinski definition) is 0. The van der Waals surface area contributed by atoms with Crippen LogP contribution < -0.4 is 9.64 Å². The van der Waals surface area contributed by atoms with Gasteiger partial charge in [0, 0.05) is 36.9 Å². The lowest BCUT2D eigenvalue weighted by Gasteiger charge is -2.22. The van der Waals surface area contributed by atoms with Crippen molar-refractivity contribution in [2.24, 2.45) is 0 Å². The summed E-state index contributed by atoms with van der Waals surface area (Å²) in [5.74, 6) is 1.64. The van der Waals surface area contributed by atoms with Gasteiger partial charge in [-0.05, 0) is 68.7 Å². The molecule has 1 heterocycles. The molecule has 1 aliphatic rings. The van der Waals surface area contributed by atoms with Crippen LogP contribution >= 0.6 is 11.8 Å². The molecular weight excluding hydrogens is 436 g/mol. The summed E-state index contributed by atoms with van der Waals surface area (Å²) in [7, 11) is 1.65. The molecule has 1 aromatic heterocycles. The highest BCUT2D eigenvalue weighted by Gasteiger charge is 2.32. The van der Waals surface area contributed by atoms with E-state index in [0.717, 1.165) is 42.8 Å². The maximum atomic E-state index is 12.9. The normalized spacial score (nSPS) is 13.1. The summed E-state index contributed by atoms with van der Waals surface area (Å²) in [5, 5.41) is 8.70. The van der Waals surface area contributed by atoms with Crippen LogP contribution in [0.5, 0.6) is 5.75 Å². The molecule has 2 aromatic carbocycles. The van der Waals surface area contributed by atoms with Crippen molar-refractivity contribution in [3.05, 3.63) is 54.1 Å². The van der Waals surface area contributed by atoms with E-state index in [1.54, 1.807) is 7.11 Å². The van der Waals surface area contributed by atoms with Crippen LogP contribution in [0.15, 0.2) is 58.2 Å². The van der Waals surface area contributed by atoms with E-state index >= 15 is 0 Å². The minimum absolute atomic E-state index is 0.0849. The summed E-state index contributed by atoms with van der Waals surface area (Å²) in [5.41, 5.74) is 3.13. The van der Waals surface area contributed by atoms with Crippen molar-refractivity contribution in [1.82, 2.24) is 15.1 Å². The molecule has 4 rings (SSSR count). The van der Waals surface area contributed by atoms with Gasteiger partial charge in [0.2, 0.25) is 11.8 Å². The van der Waals surface area contributed by atoms with Gasteiger partial charge in [-0.3, -0.25) is 4.79 Å². The summed E-state index contributed by atoms with van der Waals surface area (Å²) >= 11 is 1.29. The van der Waals surface area contributed by atoms with Gasteiger partial charge in [0.25, 0.3) is 5.22 Å². The third-order valence-corrected chi connectivity index (χ3v) is 6.59. The van der Waals surface area contributed by atoms with Crippen LogP contribution in [0.4, 0.5) is 5.69 Å². The van der Waals surface area contributed by atoms with Crippen molar-refractivity contribution < 1.29 is 13.9 Å². The van der Waals surface area contributed by atoms with Crippen molar-refractivity contribution >= 4 is 23.4 Å². The number of rotatable bonds is 11. The van der Waals surface area contributed by atoms with E-state index in [0.29, 0.717) is 23.7 Å². The lowest BCUT2D eigenvalue weighted by Crippen LogP contribution is -2.33. The average Bonchev–Trinajstić information content (AvgIpc) is 3.59. The number of carbonyl (C=O) groups excluding carboxylic acids is 1. The Labute approximate surface area is 199 Å². The minimum Gasteiger partial charge on any atom is -0.497 e. The highest BCUT2D eigenvalue weighted by Crippen LogP contribution is 2.31. The molecule has 0 unspecified atom stereocenters. The number of carbonyl (C=O) groups is 1. The third-order valence-electron chi connectivity index (χ3n) is 5.79. The lowest BCUT2D eigenvalue weighted by atomic mass is 10.2.